The van der Waals surface area contributed by atoms with E-state index < -0.39 is 0 Å². The molecule has 120 valence electrons. The molecule has 2 aromatic rings. The minimum Gasteiger partial charge on any atom is -0.493 e. The molecule has 2 aromatic carbocycles. The van der Waals surface area contributed by atoms with Crippen LogP contribution in [0.4, 0.5) is 0 Å². The van der Waals surface area contributed by atoms with Crippen molar-refractivity contribution in [3.05, 3.63) is 58.6 Å². The van der Waals surface area contributed by atoms with Crippen LogP contribution in [0.3, 0.4) is 0 Å². The standard InChI is InChI=1S/C16H16ClN3O2S/c1-21-14-7-3-5-12(9-19-20-16(18)23)15(14)22-10-11-4-2-6-13(17)8-11/h2-9H,10H2,1H3,(H3,18,20,23)/b19-9+. The van der Waals surface area contributed by atoms with E-state index in [0.29, 0.717) is 23.1 Å². The molecule has 0 aliphatic carbocycles. The van der Waals surface area contributed by atoms with E-state index in [1.54, 1.807) is 13.3 Å². The molecule has 0 atom stereocenters. The van der Waals surface area contributed by atoms with Crippen molar-refractivity contribution in [2.45, 2.75) is 6.61 Å². The van der Waals surface area contributed by atoms with Gasteiger partial charge in [-0.1, -0.05) is 29.8 Å². The molecular weight excluding hydrogens is 334 g/mol. The Balaban J connectivity index is 2.21. The summed E-state index contributed by atoms with van der Waals surface area (Å²) in [5.41, 5.74) is 9.53. The Morgan fingerprint density at radius 1 is 1.35 bits per heavy atom. The second-order valence-electron chi connectivity index (χ2n) is 4.53. The highest BCUT2D eigenvalue weighted by molar-refractivity contribution is 7.80. The molecule has 0 aliphatic rings. The van der Waals surface area contributed by atoms with Gasteiger partial charge in [-0.05, 0) is 42.0 Å². The van der Waals surface area contributed by atoms with Gasteiger partial charge in [0, 0.05) is 10.6 Å². The Morgan fingerprint density at radius 2 is 2.13 bits per heavy atom. The summed E-state index contributed by atoms with van der Waals surface area (Å²) >= 11 is 10.7. The van der Waals surface area contributed by atoms with Crippen LogP contribution in [-0.2, 0) is 6.61 Å². The molecule has 23 heavy (non-hydrogen) atoms. The van der Waals surface area contributed by atoms with Gasteiger partial charge in [0.1, 0.15) is 6.61 Å². The van der Waals surface area contributed by atoms with Crippen molar-refractivity contribution in [1.29, 1.82) is 0 Å². The Labute approximate surface area is 145 Å². The number of hydrogen-bond donors (Lipinski definition) is 2. The normalized spacial score (nSPS) is 10.5. The van der Waals surface area contributed by atoms with Gasteiger partial charge < -0.3 is 15.2 Å². The number of hydrazone groups is 1. The molecule has 0 amide bonds. The van der Waals surface area contributed by atoms with Crippen molar-refractivity contribution in [2.24, 2.45) is 10.8 Å². The number of hydrogen-bond acceptors (Lipinski definition) is 4. The molecular formula is C16H16ClN3O2S. The summed E-state index contributed by atoms with van der Waals surface area (Å²) in [5, 5.41) is 4.70. The second-order valence-corrected chi connectivity index (χ2v) is 5.41. The van der Waals surface area contributed by atoms with Crippen LogP contribution in [0.5, 0.6) is 11.5 Å². The van der Waals surface area contributed by atoms with E-state index in [1.807, 2.05) is 42.5 Å². The highest BCUT2D eigenvalue weighted by Gasteiger charge is 2.09. The number of rotatable bonds is 6. The first-order valence-electron chi connectivity index (χ1n) is 6.73. The van der Waals surface area contributed by atoms with Gasteiger partial charge in [-0.15, -0.1) is 0 Å². The smallest absolute Gasteiger partial charge is 0.184 e. The number of para-hydroxylation sites is 1. The topological polar surface area (TPSA) is 68.9 Å². The van der Waals surface area contributed by atoms with Gasteiger partial charge in [-0.2, -0.15) is 5.10 Å². The van der Waals surface area contributed by atoms with E-state index >= 15 is 0 Å². The third-order valence-corrected chi connectivity index (χ3v) is 3.21. The molecule has 0 saturated carbocycles. The van der Waals surface area contributed by atoms with Crippen LogP contribution in [0.25, 0.3) is 0 Å². The summed E-state index contributed by atoms with van der Waals surface area (Å²) in [6, 6.07) is 13.0. The van der Waals surface area contributed by atoms with E-state index in [9.17, 15) is 0 Å². The SMILES string of the molecule is COc1cccc(/C=N/NC(N)=S)c1OCc1cccc(Cl)c1. The van der Waals surface area contributed by atoms with E-state index in [0.717, 1.165) is 11.1 Å². The molecule has 0 aromatic heterocycles. The average molecular weight is 350 g/mol. The number of methoxy groups -OCH3 is 1. The van der Waals surface area contributed by atoms with Crippen LogP contribution in [-0.4, -0.2) is 18.4 Å². The minimum absolute atomic E-state index is 0.0885. The zero-order chi connectivity index (χ0) is 16.7. The van der Waals surface area contributed by atoms with Crippen molar-refractivity contribution in [3.63, 3.8) is 0 Å². The Hall–Kier alpha value is -2.31. The van der Waals surface area contributed by atoms with E-state index in [1.165, 1.54) is 0 Å². The molecule has 0 bridgehead atoms. The summed E-state index contributed by atoms with van der Waals surface area (Å²) in [7, 11) is 1.58. The maximum Gasteiger partial charge on any atom is 0.184 e. The molecule has 5 nitrogen and oxygen atoms in total. The van der Waals surface area contributed by atoms with Crippen LogP contribution < -0.4 is 20.6 Å². The quantitative estimate of drug-likeness (QED) is 0.476. The largest absolute Gasteiger partial charge is 0.493 e. The van der Waals surface area contributed by atoms with Gasteiger partial charge in [0.25, 0.3) is 0 Å². The molecule has 0 saturated heterocycles. The van der Waals surface area contributed by atoms with Gasteiger partial charge in [0.2, 0.25) is 0 Å². The summed E-state index contributed by atoms with van der Waals surface area (Å²) in [6.45, 7) is 0.352. The van der Waals surface area contributed by atoms with E-state index in [-0.39, 0.29) is 5.11 Å². The van der Waals surface area contributed by atoms with Gasteiger partial charge >= 0.3 is 0 Å². The lowest BCUT2D eigenvalue weighted by Crippen LogP contribution is -2.24. The van der Waals surface area contributed by atoms with Gasteiger partial charge in [0.15, 0.2) is 16.6 Å². The third kappa shape index (κ3) is 5.12. The van der Waals surface area contributed by atoms with E-state index in [4.69, 9.17) is 39.0 Å². The van der Waals surface area contributed by atoms with Gasteiger partial charge in [-0.3, -0.25) is 5.43 Å². The van der Waals surface area contributed by atoms with Gasteiger partial charge in [0.05, 0.1) is 13.3 Å². The number of nitrogens with two attached hydrogens (primary N) is 1. The molecule has 0 heterocycles. The predicted molar refractivity (Wildman–Crippen MR) is 96.3 cm³/mol. The van der Waals surface area contributed by atoms with Crippen LogP contribution in [0.2, 0.25) is 5.02 Å². The van der Waals surface area contributed by atoms with E-state index in [2.05, 4.69) is 10.5 Å². The third-order valence-electron chi connectivity index (χ3n) is 2.88. The highest BCUT2D eigenvalue weighted by Crippen LogP contribution is 2.31. The van der Waals surface area contributed by atoms with Crippen LogP contribution in [0.1, 0.15) is 11.1 Å². The first-order valence-corrected chi connectivity index (χ1v) is 7.51. The monoisotopic (exact) mass is 349 g/mol. The molecule has 7 heteroatoms. The van der Waals surface area contributed by atoms with Crippen molar-refractivity contribution >= 4 is 35.1 Å². The fraction of sp³-hybridized carbons (Fsp3) is 0.125. The fourth-order valence-electron chi connectivity index (χ4n) is 1.90. The molecule has 0 radical (unpaired) electrons. The molecule has 0 unspecified atom stereocenters. The zero-order valence-electron chi connectivity index (χ0n) is 12.5. The number of benzene rings is 2. The molecule has 0 aliphatic heterocycles. The lowest BCUT2D eigenvalue weighted by Gasteiger charge is -2.13. The number of ether oxygens (including phenoxy) is 2. The minimum atomic E-state index is 0.0885. The fourth-order valence-corrected chi connectivity index (χ4v) is 2.16. The highest BCUT2D eigenvalue weighted by atomic mass is 35.5. The molecule has 0 spiro atoms. The summed E-state index contributed by atoms with van der Waals surface area (Å²) in [4.78, 5) is 0. The summed E-state index contributed by atoms with van der Waals surface area (Å²) in [6.07, 6.45) is 1.56. The van der Waals surface area contributed by atoms with Crippen molar-refractivity contribution in [1.82, 2.24) is 5.43 Å². The van der Waals surface area contributed by atoms with Crippen LogP contribution >= 0.6 is 23.8 Å². The predicted octanol–water partition coefficient (Wildman–Crippen LogP) is 3.09. The summed E-state index contributed by atoms with van der Waals surface area (Å²) in [5.74, 6) is 1.18. The lowest BCUT2D eigenvalue weighted by atomic mass is 10.2. The number of halogens is 1. The van der Waals surface area contributed by atoms with Crippen molar-refractivity contribution in [3.8, 4) is 11.5 Å². The maximum absolute atomic E-state index is 5.98. The summed E-state index contributed by atoms with van der Waals surface area (Å²) < 4.78 is 11.2. The van der Waals surface area contributed by atoms with Crippen LogP contribution in [0, 0.1) is 0 Å². The Morgan fingerprint density at radius 3 is 2.83 bits per heavy atom. The van der Waals surface area contributed by atoms with Gasteiger partial charge in [-0.25, -0.2) is 0 Å². The molecule has 3 N–H and O–H groups in total. The van der Waals surface area contributed by atoms with Crippen molar-refractivity contribution < 1.29 is 9.47 Å². The van der Waals surface area contributed by atoms with Crippen molar-refractivity contribution in [2.75, 3.05) is 7.11 Å². The van der Waals surface area contributed by atoms with Crippen LogP contribution in [0.15, 0.2) is 47.6 Å². The Kier molecular flexibility index (Phi) is 6.19. The second kappa shape index (κ2) is 8.36. The first kappa shape index (κ1) is 17.1. The Bertz CT molecular complexity index is 722. The number of nitrogens with one attached hydrogen (secondary N) is 1. The lowest BCUT2D eigenvalue weighted by molar-refractivity contribution is 0.284. The average Bonchev–Trinajstić information content (AvgIpc) is 2.53. The first-order chi connectivity index (χ1) is 11.1. The zero-order valence-corrected chi connectivity index (χ0v) is 14.0. The maximum atomic E-state index is 5.98. The number of nitrogens with zero attached hydrogens (tertiary/aromatic N) is 1. The molecule has 2 rings (SSSR count). The molecule has 0 fully saturated rings. The number of thiocarbonyl (C=S) groups is 1.